The van der Waals surface area contributed by atoms with Gasteiger partial charge in [-0.3, -0.25) is 14.5 Å². The van der Waals surface area contributed by atoms with E-state index in [1.54, 1.807) is 18.2 Å². The highest BCUT2D eigenvalue weighted by Crippen LogP contribution is 2.27. The van der Waals surface area contributed by atoms with E-state index in [2.05, 4.69) is 10.4 Å². The first-order valence-electron chi connectivity index (χ1n) is 6.94. The van der Waals surface area contributed by atoms with Crippen molar-refractivity contribution in [3.05, 3.63) is 28.2 Å². The molecule has 6 nitrogen and oxygen atoms in total. The quantitative estimate of drug-likeness (QED) is 0.600. The van der Waals surface area contributed by atoms with Crippen molar-refractivity contribution in [3.8, 4) is 5.75 Å². The summed E-state index contributed by atoms with van der Waals surface area (Å²) in [6.45, 7) is 4.22. The Morgan fingerprint density at radius 3 is 2.82 bits per heavy atom. The molecule has 1 saturated heterocycles. The largest absolute Gasteiger partial charge is 0.482 e. The Bertz CT molecular complexity index is 496. The van der Waals surface area contributed by atoms with Crippen molar-refractivity contribution in [2.24, 2.45) is 0 Å². The third-order valence-electron chi connectivity index (χ3n) is 3.05. The minimum atomic E-state index is -0.381. The number of hydrogen-bond donors (Lipinski definition) is 1. The molecule has 1 aliphatic rings. The predicted molar refractivity (Wildman–Crippen MR) is 83.3 cm³/mol. The monoisotopic (exact) mass is 348 g/mol. The molecule has 122 valence electrons. The van der Waals surface area contributed by atoms with Gasteiger partial charge in [0.05, 0.1) is 24.8 Å². The molecule has 8 heteroatoms. The van der Waals surface area contributed by atoms with Gasteiger partial charge in [0.2, 0.25) is 0 Å². The lowest BCUT2D eigenvalue weighted by atomic mass is 10.3. The Morgan fingerprint density at radius 2 is 2.09 bits per heavy atom. The fraction of sp³-hybridized carbons (Fsp3) is 0.500. The van der Waals surface area contributed by atoms with Crippen molar-refractivity contribution in [1.29, 1.82) is 0 Å². The SMILES string of the molecule is O=C(COc1ccc(Cl)cc1Cl)NOCCN1CCOCC1. The highest BCUT2D eigenvalue weighted by atomic mass is 35.5. The molecular weight excluding hydrogens is 331 g/mol. The highest BCUT2D eigenvalue weighted by molar-refractivity contribution is 6.35. The van der Waals surface area contributed by atoms with E-state index in [0.717, 1.165) is 32.8 Å². The fourth-order valence-electron chi connectivity index (χ4n) is 1.90. The molecule has 0 radical (unpaired) electrons. The van der Waals surface area contributed by atoms with E-state index in [1.807, 2.05) is 0 Å². The maximum Gasteiger partial charge on any atom is 0.281 e. The normalized spacial score (nSPS) is 15.5. The van der Waals surface area contributed by atoms with Gasteiger partial charge in [0, 0.05) is 24.7 Å². The van der Waals surface area contributed by atoms with E-state index in [0.29, 0.717) is 22.4 Å². The zero-order valence-electron chi connectivity index (χ0n) is 12.0. The van der Waals surface area contributed by atoms with E-state index in [1.165, 1.54) is 0 Å². The molecule has 1 heterocycles. The first-order chi connectivity index (χ1) is 10.6. The summed E-state index contributed by atoms with van der Waals surface area (Å²) in [6, 6.07) is 4.80. The third-order valence-corrected chi connectivity index (χ3v) is 3.58. The molecule has 22 heavy (non-hydrogen) atoms. The van der Waals surface area contributed by atoms with Gasteiger partial charge in [-0.05, 0) is 18.2 Å². The second kappa shape index (κ2) is 9.17. The lowest BCUT2D eigenvalue weighted by Crippen LogP contribution is -2.39. The maximum absolute atomic E-state index is 11.6. The number of hydroxylamine groups is 1. The van der Waals surface area contributed by atoms with Gasteiger partial charge >= 0.3 is 0 Å². The number of carbonyl (C=O) groups is 1. The molecule has 1 aliphatic heterocycles. The number of rotatable bonds is 7. The Kier molecular flexibility index (Phi) is 7.21. The molecule has 0 unspecified atom stereocenters. The van der Waals surface area contributed by atoms with E-state index >= 15 is 0 Å². The van der Waals surface area contributed by atoms with Crippen LogP contribution in [0.1, 0.15) is 0 Å². The number of morpholine rings is 1. The second-order valence-corrected chi connectivity index (χ2v) is 5.53. The van der Waals surface area contributed by atoms with E-state index < -0.39 is 0 Å². The lowest BCUT2D eigenvalue weighted by molar-refractivity contribution is -0.136. The number of carbonyl (C=O) groups excluding carboxylic acids is 1. The second-order valence-electron chi connectivity index (χ2n) is 4.69. The summed E-state index contributed by atoms with van der Waals surface area (Å²) >= 11 is 11.7. The molecule has 1 aromatic rings. The van der Waals surface area contributed by atoms with Crippen LogP contribution in [0.15, 0.2) is 18.2 Å². The summed E-state index contributed by atoms with van der Waals surface area (Å²) in [5.41, 5.74) is 2.33. The zero-order valence-corrected chi connectivity index (χ0v) is 13.5. The average Bonchev–Trinajstić information content (AvgIpc) is 2.52. The Hall–Kier alpha value is -1.05. The average molecular weight is 349 g/mol. The van der Waals surface area contributed by atoms with E-state index in [4.69, 9.17) is 37.5 Å². The molecule has 0 bridgehead atoms. The van der Waals surface area contributed by atoms with Crippen LogP contribution in [0.4, 0.5) is 0 Å². The molecule has 0 aliphatic carbocycles. The first-order valence-corrected chi connectivity index (χ1v) is 7.69. The fourth-order valence-corrected chi connectivity index (χ4v) is 2.36. The number of hydrogen-bond acceptors (Lipinski definition) is 5. The molecule has 0 saturated carbocycles. The number of ether oxygens (including phenoxy) is 2. The Morgan fingerprint density at radius 1 is 1.32 bits per heavy atom. The van der Waals surface area contributed by atoms with Crippen molar-refractivity contribution in [2.75, 3.05) is 46.1 Å². The topological polar surface area (TPSA) is 60.0 Å². The summed E-state index contributed by atoms with van der Waals surface area (Å²) in [6.07, 6.45) is 0. The predicted octanol–water partition coefficient (Wildman–Crippen LogP) is 1.75. The Labute approximate surface area is 139 Å². The number of nitrogens with zero attached hydrogens (tertiary/aromatic N) is 1. The third kappa shape index (κ3) is 5.98. The summed E-state index contributed by atoms with van der Waals surface area (Å²) < 4.78 is 10.5. The van der Waals surface area contributed by atoms with Crippen LogP contribution in [0.5, 0.6) is 5.75 Å². The van der Waals surface area contributed by atoms with Crippen LogP contribution < -0.4 is 10.2 Å². The zero-order chi connectivity index (χ0) is 15.8. The Balaban J connectivity index is 1.59. The van der Waals surface area contributed by atoms with Crippen LogP contribution in [0.3, 0.4) is 0 Å². The van der Waals surface area contributed by atoms with Gasteiger partial charge in [-0.1, -0.05) is 23.2 Å². The van der Waals surface area contributed by atoms with Crippen molar-refractivity contribution in [2.45, 2.75) is 0 Å². The van der Waals surface area contributed by atoms with Crippen LogP contribution in [0, 0.1) is 0 Å². The summed E-state index contributed by atoms with van der Waals surface area (Å²) in [5, 5.41) is 0.863. The number of amides is 1. The van der Waals surface area contributed by atoms with Gasteiger partial charge in [-0.2, -0.15) is 0 Å². The minimum Gasteiger partial charge on any atom is -0.482 e. The van der Waals surface area contributed by atoms with Gasteiger partial charge in [0.25, 0.3) is 5.91 Å². The molecule has 0 atom stereocenters. The van der Waals surface area contributed by atoms with Crippen molar-refractivity contribution in [3.63, 3.8) is 0 Å². The molecule has 1 amide bonds. The lowest BCUT2D eigenvalue weighted by Gasteiger charge is -2.26. The van der Waals surface area contributed by atoms with Crippen LogP contribution in [-0.2, 0) is 14.4 Å². The van der Waals surface area contributed by atoms with Crippen LogP contribution in [0.25, 0.3) is 0 Å². The molecule has 0 spiro atoms. The number of benzene rings is 1. The minimum absolute atomic E-state index is 0.182. The van der Waals surface area contributed by atoms with Gasteiger partial charge in [-0.15, -0.1) is 0 Å². The number of nitrogens with one attached hydrogen (secondary N) is 1. The van der Waals surface area contributed by atoms with E-state index in [9.17, 15) is 4.79 Å². The van der Waals surface area contributed by atoms with Gasteiger partial charge in [-0.25, -0.2) is 5.48 Å². The van der Waals surface area contributed by atoms with Crippen LogP contribution in [-0.4, -0.2) is 56.9 Å². The maximum atomic E-state index is 11.6. The molecule has 2 rings (SSSR count). The van der Waals surface area contributed by atoms with Crippen molar-refractivity contribution < 1.29 is 19.1 Å². The standard InChI is InChI=1S/C14H18Cl2N2O4/c15-11-1-2-13(12(16)9-11)21-10-14(19)17-22-8-5-18-3-6-20-7-4-18/h1-2,9H,3-8,10H2,(H,17,19). The summed E-state index contributed by atoms with van der Waals surface area (Å²) in [7, 11) is 0. The molecule has 1 aromatic carbocycles. The summed E-state index contributed by atoms with van der Waals surface area (Å²) in [4.78, 5) is 18.9. The molecule has 0 aromatic heterocycles. The molecule has 1 fully saturated rings. The van der Waals surface area contributed by atoms with Gasteiger partial charge in [0.15, 0.2) is 6.61 Å². The molecule has 1 N–H and O–H groups in total. The summed E-state index contributed by atoms with van der Waals surface area (Å²) in [5.74, 6) is 0.0162. The smallest absolute Gasteiger partial charge is 0.281 e. The molecular formula is C14H18Cl2N2O4. The van der Waals surface area contributed by atoms with Crippen molar-refractivity contribution >= 4 is 29.1 Å². The highest BCUT2D eigenvalue weighted by Gasteiger charge is 2.10. The first kappa shape index (κ1) is 17.3. The van der Waals surface area contributed by atoms with Crippen LogP contribution in [0.2, 0.25) is 10.0 Å². The van der Waals surface area contributed by atoms with Crippen LogP contribution >= 0.6 is 23.2 Å². The van der Waals surface area contributed by atoms with Crippen molar-refractivity contribution in [1.82, 2.24) is 10.4 Å². The van der Waals surface area contributed by atoms with Gasteiger partial charge in [0.1, 0.15) is 5.75 Å². The van der Waals surface area contributed by atoms with E-state index in [-0.39, 0.29) is 12.5 Å². The van der Waals surface area contributed by atoms with Gasteiger partial charge < -0.3 is 9.47 Å². The number of halogens is 2.